The van der Waals surface area contributed by atoms with E-state index in [0.29, 0.717) is 6.54 Å². The van der Waals surface area contributed by atoms with Crippen LogP contribution >= 0.6 is 0 Å². The number of rotatable bonds is 6. The van der Waals surface area contributed by atoms with Gasteiger partial charge in [-0.15, -0.1) is 0 Å². The van der Waals surface area contributed by atoms with Gasteiger partial charge in [-0.25, -0.2) is 4.98 Å². The van der Waals surface area contributed by atoms with Gasteiger partial charge in [-0.1, -0.05) is 12.1 Å². The first-order valence-electron chi connectivity index (χ1n) is 8.80. The summed E-state index contributed by atoms with van der Waals surface area (Å²) in [6, 6.07) is 7.68. The number of ether oxygens (including phenoxy) is 1. The van der Waals surface area contributed by atoms with Crippen LogP contribution in [0.4, 0.5) is 13.2 Å². The number of likely N-dealkylation sites (tertiary alicyclic amines) is 1. The highest BCUT2D eigenvalue weighted by Crippen LogP contribution is 2.33. The lowest BCUT2D eigenvalue weighted by Crippen LogP contribution is -2.33. The Hall–Kier alpha value is -2.09. The van der Waals surface area contributed by atoms with Gasteiger partial charge < -0.3 is 14.2 Å². The quantitative estimate of drug-likeness (QED) is 0.730. The van der Waals surface area contributed by atoms with Crippen LogP contribution in [0.2, 0.25) is 0 Å². The Morgan fingerprint density at radius 1 is 1.35 bits per heavy atom. The largest absolute Gasteiger partial charge is 0.411 e. The monoisotopic (exact) mass is 369 g/mol. The van der Waals surface area contributed by atoms with Gasteiger partial charge in [-0.2, -0.15) is 13.2 Å². The van der Waals surface area contributed by atoms with Crippen molar-refractivity contribution in [1.29, 1.82) is 0 Å². The van der Waals surface area contributed by atoms with Gasteiger partial charge in [0.15, 0.2) is 0 Å². The summed E-state index contributed by atoms with van der Waals surface area (Å²) in [6.07, 6.45) is -2.77. The Bertz CT molecular complexity index is 773. The third-order valence-electron chi connectivity index (χ3n) is 4.60. The summed E-state index contributed by atoms with van der Waals surface area (Å²) in [5.41, 5.74) is 1.91. The number of amides is 1. The molecule has 8 heteroatoms. The molecule has 1 aliphatic heterocycles. The zero-order valence-corrected chi connectivity index (χ0v) is 14.6. The summed E-state index contributed by atoms with van der Waals surface area (Å²) >= 11 is 0. The summed E-state index contributed by atoms with van der Waals surface area (Å²) in [7, 11) is 0. The third kappa shape index (κ3) is 4.00. The van der Waals surface area contributed by atoms with E-state index in [4.69, 9.17) is 4.98 Å². The maximum Gasteiger partial charge on any atom is 0.411 e. The van der Waals surface area contributed by atoms with Gasteiger partial charge in [0.1, 0.15) is 12.4 Å². The van der Waals surface area contributed by atoms with Crippen molar-refractivity contribution in [3.8, 4) is 0 Å². The molecule has 1 atom stereocenters. The van der Waals surface area contributed by atoms with Gasteiger partial charge in [0.2, 0.25) is 5.91 Å². The lowest BCUT2D eigenvalue weighted by molar-refractivity contribution is -0.175. The number of nitrogens with zero attached hydrogens (tertiary/aromatic N) is 3. The Kier molecular flexibility index (Phi) is 5.50. The molecule has 0 saturated carbocycles. The molecule has 1 saturated heterocycles. The first kappa shape index (κ1) is 18.7. The van der Waals surface area contributed by atoms with E-state index in [-0.39, 0.29) is 25.0 Å². The molecule has 142 valence electrons. The number of carbonyl (C=O) groups excluding carboxylic acids is 1. The fraction of sp³-hybridized carbons (Fsp3) is 0.556. The predicted octanol–water partition coefficient (Wildman–Crippen LogP) is 3.69. The van der Waals surface area contributed by atoms with Crippen molar-refractivity contribution in [3.05, 3.63) is 30.1 Å². The van der Waals surface area contributed by atoms with Crippen LogP contribution in [0.25, 0.3) is 11.0 Å². The number of benzene rings is 1. The van der Waals surface area contributed by atoms with Crippen LogP contribution in [0.3, 0.4) is 0 Å². The molecule has 1 aliphatic rings. The molecule has 1 unspecified atom stereocenters. The van der Waals surface area contributed by atoms with Crippen molar-refractivity contribution in [2.45, 2.75) is 44.9 Å². The summed E-state index contributed by atoms with van der Waals surface area (Å²) in [4.78, 5) is 18.9. The van der Waals surface area contributed by atoms with E-state index in [2.05, 4.69) is 9.30 Å². The summed E-state index contributed by atoms with van der Waals surface area (Å²) in [5.74, 6) is 0.653. The molecule has 0 aliphatic carbocycles. The van der Waals surface area contributed by atoms with Gasteiger partial charge in [-0.3, -0.25) is 4.79 Å². The highest BCUT2D eigenvalue weighted by atomic mass is 19.4. The number of carbonyl (C=O) groups is 1. The number of aromatic nitrogens is 2. The minimum atomic E-state index is -4.37. The maximum atomic E-state index is 12.5. The van der Waals surface area contributed by atoms with Crippen LogP contribution in [0, 0.1) is 0 Å². The second kappa shape index (κ2) is 7.65. The van der Waals surface area contributed by atoms with Crippen LogP contribution in [0.15, 0.2) is 24.3 Å². The molecular weight excluding hydrogens is 347 g/mol. The fourth-order valence-corrected chi connectivity index (χ4v) is 3.51. The number of fused-ring (bicyclic) bond motifs is 1. The highest BCUT2D eigenvalue weighted by molar-refractivity contribution is 5.78. The van der Waals surface area contributed by atoms with Gasteiger partial charge >= 0.3 is 6.18 Å². The average molecular weight is 369 g/mol. The van der Waals surface area contributed by atoms with Crippen LogP contribution < -0.4 is 0 Å². The van der Waals surface area contributed by atoms with E-state index in [1.54, 1.807) is 4.90 Å². The van der Waals surface area contributed by atoms with Crippen molar-refractivity contribution >= 4 is 16.9 Å². The second-order valence-corrected chi connectivity index (χ2v) is 6.37. The lowest BCUT2D eigenvalue weighted by atomic mass is 10.2. The number of halogens is 3. The van der Waals surface area contributed by atoms with Crippen LogP contribution in [0.1, 0.15) is 38.1 Å². The Morgan fingerprint density at radius 3 is 2.85 bits per heavy atom. The summed E-state index contributed by atoms with van der Waals surface area (Å²) in [5, 5.41) is 0. The maximum absolute atomic E-state index is 12.5. The molecule has 3 rings (SSSR count). The van der Waals surface area contributed by atoms with Crippen molar-refractivity contribution in [1.82, 2.24) is 14.5 Å². The molecule has 0 bridgehead atoms. The topological polar surface area (TPSA) is 47.4 Å². The smallest absolute Gasteiger partial charge is 0.372 e. The molecule has 1 fully saturated rings. The standard InChI is InChI=1S/C18H22F3N3O2/c1-2-23-14-7-4-3-6-13(14)22-17(23)15-8-5-10-24(15)16(25)9-11-26-12-18(19,20)21/h3-4,6-7,15H,2,5,8-12H2,1H3. The first-order chi connectivity index (χ1) is 12.4. The fourth-order valence-electron chi connectivity index (χ4n) is 3.51. The molecule has 2 aromatic rings. The van der Waals surface area contributed by atoms with E-state index in [1.807, 2.05) is 31.2 Å². The number of hydrogen-bond donors (Lipinski definition) is 0. The zero-order chi connectivity index (χ0) is 18.7. The summed E-state index contributed by atoms with van der Waals surface area (Å²) < 4.78 is 43.0. The number of imidazole rings is 1. The summed E-state index contributed by atoms with van der Waals surface area (Å²) in [6.45, 7) is 1.81. The van der Waals surface area contributed by atoms with Gasteiger partial charge in [0.05, 0.1) is 30.1 Å². The molecule has 26 heavy (non-hydrogen) atoms. The molecule has 1 amide bonds. The molecule has 0 radical (unpaired) electrons. The van der Waals surface area contributed by atoms with Gasteiger partial charge in [0, 0.05) is 13.1 Å². The molecule has 5 nitrogen and oxygen atoms in total. The first-order valence-corrected chi connectivity index (χ1v) is 8.80. The van der Waals surface area contributed by atoms with Crippen molar-refractivity contribution in [3.63, 3.8) is 0 Å². The van der Waals surface area contributed by atoms with Crippen LogP contribution in [-0.4, -0.2) is 46.3 Å². The minimum Gasteiger partial charge on any atom is -0.372 e. The molecular formula is C18H22F3N3O2. The highest BCUT2D eigenvalue weighted by Gasteiger charge is 2.33. The van der Waals surface area contributed by atoms with Gasteiger partial charge in [-0.05, 0) is 31.9 Å². The lowest BCUT2D eigenvalue weighted by Gasteiger charge is -2.25. The van der Waals surface area contributed by atoms with Gasteiger partial charge in [0.25, 0.3) is 0 Å². The predicted molar refractivity (Wildman–Crippen MR) is 90.6 cm³/mol. The van der Waals surface area contributed by atoms with Crippen LogP contribution in [0.5, 0.6) is 0 Å². The Morgan fingerprint density at radius 2 is 2.12 bits per heavy atom. The molecule has 1 aromatic heterocycles. The van der Waals surface area contributed by atoms with E-state index >= 15 is 0 Å². The van der Waals surface area contributed by atoms with E-state index in [0.717, 1.165) is 36.2 Å². The molecule has 0 spiro atoms. The normalized spacial score (nSPS) is 18.0. The van der Waals surface area contributed by atoms with E-state index in [1.165, 1.54) is 0 Å². The molecule has 0 N–H and O–H groups in total. The SMILES string of the molecule is CCn1c(C2CCCN2C(=O)CCOCC(F)(F)F)nc2ccccc21. The third-order valence-corrected chi connectivity index (χ3v) is 4.60. The Labute approximate surface area is 149 Å². The average Bonchev–Trinajstić information content (AvgIpc) is 3.21. The zero-order valence-electron chi connectivity index (χ0n) is 14.6. The number of alkyl halides is 3. The Balaban J connectivity index is 1.71. The number of aryl methyl sites for hydroxylation is 1. The van der Waals surface area contributed by atoms with Crippen molar-refractivity contribution in [2.75, 3.05) is 19.8 Å². The minimum absolute atomic E-state index is 0.0566. The molecule has 2 heterocycles. The van der Waals surface area contributed by atoms with E-state index in [9.17, 15) is 18.0 Å². The number of para-hydroxylation sites is 2. The van der Waals surface area contributed by atoms with E-state index < -0.39 is 12.8 Å². The number of hydrogen-bond acceptors (Lipinski definition) is 3. The van der Waals surface area contributed by atoms with Crippen LogP contribution in [-0.2, 0) is 16.1 Å². The second-order valence-electron chi connectivity index (χ2n) is 6.37. The molecule has 1 aromatic carbocycles. The van der Waals surface area contributed by atoms with Crippen molar-refractivity contribution in [2.24, 2.45) is 0 Å². The van der Waals surface area contributed by atoms with Crippen molar-refractivity contribution < 1.29 is 22.7 Å².